The molecule has 0 N–H and O–H groups in total. The molecule has 2 amide bonds. The molecule has 1 aromatic heterocycles. The van der Waals surface area contributed by atoms with Gasteiger partial charge in [-0.2, -0.15) is 4.98 Å². The van der Waals surface area contributed by atoms with Crippen LogP contribution in [-0.4, -0.2) is 46.0 Å². The largest absolute Gasteiger partial charge is 0.464 e. The molecule has 8 nitrogen and oxygen atoms in total. The summed E-state index contributed by atoms with van der Waals surface area (Å²) in [5.74, 6) is -0.421. The minimum Gasteiger partial charge on any atom is -0.464 e. The maximum absolute atomic E-state index is 12.3. The van der Waals surface area contributed by atoms with Gasteiger partial charge in [0.05, 0.1) is 24.1 Å². The lowest BCUT2D eigenvalue weighted by Crippen LogP contribution is -2.33. The first kappa shape index (κ1) is 19.5. The predicted molar refractivity (Wildman–Crippen MR) is 106 cm³/mol. The summed E-state index contributed by atoms with van der Waals surface area (Å²) >= 11 is 0. The van der Waals surface area contributed by atoms with Crippen LogP contribution in [0.1, 0.15) is 38.6 Å². The van der Waals surface area contributed by atoms with Crippen LogP contribution in [0.5, 0.6) is 0 Å². The molecule has 0 aliphatic carbocycles. The molecule has 8 heteroatoms. The summed E-state index contributed by atoms with van der Waals surface area (Å²) in [5.41, 5.74) is 2.70. The third-order valence-corrected chi connectivity index (χ3v) is 4.78. The van der Waals surface area contributed by atoms with Crippen LogP contribution in [0.3, 0.4) is 0 Å². The number of fused-ring (bicyclic) bond motifs is 1. The van der Waals surface area contributed by atoms with Gasteiger partial charge in [0.15, 0.2) is 0 Å². The van der Waals surface area contributed by atoms with E-state index in [1.807, 2.05) is 31.2 Å². The number of carbonyl (C=O) groups excluding carboxylic acids is 3. The summed E-state index contributed by atoms with van der Waals surface area (Å²) in [7, 11) is 0. The van der Waals surface area contributed by atoms with Crippen LogP contribution in [0.25, 0.3) is 11.4 Å². The molecule has 3 aromatic rings. The molecule has 2 heterocycles. The van der Waals surface area contributed by atoms with E-state index in [0.717, 1.165) is 16.0 Å². The highest BCUT2D eigenvalue weighted by molar-refractivity contribution is 6.21. The fourth-order valence-corrected chi connectivity index (χ4v) is 3.15. The zero-order valence-electron chi connectivity index (χ0n) is 16.3. The smallest absolute Gasteiger partial charge is 0.306 e. The lowest BCUT2D eigenvalue weighted by molar-refractivity contribution is -0.143. The highest BCUT2D eigenvalue weighted by Crippen LogP contribution is 2.22. The van der Waals surface area contributed by atoms with E-state index in [1.165, 1.54) is 0 Å². The van der Waals surface area contributed by atoms with E-state index in [0.29, 0.717) is 22.8 Å². The first-order chi connectivity index (χ1) is 14.5. The quantitative estimate of drug-likeness (QED) is 0.440. The summed E-state index contributed by atoms with van der Waals surface area (Å²) < 4.78 is 10.3. The molecule has 0 radical (unpaired) electrons. The molecule has 1 aliphatic heterocycles. The normalized spacial score (nSPS) is 12.9. The number of rotatable bonds is 7. The Kier molecular flexibility index (Phi) is 5.38. The summed E-state index contributed by atoms with van der Waals surface area (Å²) in [6.07, 6.45) is 0.294. The van der Waals surface area contributed by atoms with Crippen molar-refractivity contribution in [3.63, 3.8) is 0 Å². The van der Waals surface area contributed by atoms with Gasteiger partial charge < -0.3 is 9.26 Å². The number of nitrogens with zero attached hydrogens (tertiary/aromatic N) is 3. The number of ether oxygens (including phenoxy) is 1. The second-order valence-electron chi connectivity index (χ2n) is 6.91. The van der Waals surface area contributed by atoms with Gasteiger partial charge in [-0.1, -0.05) is 47.1 Å². The van der Waals surface area contributed by atoms with Gasteiger partial charge in [0, 0.05) is 12.0 Å². The second-order valence-corrected chi connectivity index (χ2v) is 6.91. The molecular weight excluding hydrogens is 386 g/mol. The average molecular weight is 405 g/mol. The van der Waals surface area contributed by atoms with Gasteiger partial charge in [-0.25, -0.2) is 0 Å². The molecule has 0 spiro atoms. The van der Waals surface area contributed by atoms with E-state index < -0.39 is 5.97 Å². The van der Waals surface area contributed by atoms with E-state index in [1.54, 1.807) is 24.3 Å². The number of carbonyl (C=O) groups is 3. The molecule has 0 atom stereocenters. The average Bonchev–Trinajstić information content (AvgIpc) is 3.32. The van der Waals surface area contributed by atoms with E-state index in [-0.39, 0.29) is 37.8 Å². The first-order valence-electron chi connectivity index (χ1n) is 9.53. The Balaban J connectivity index is 1.24. The number of hydrogen-bond donors (Lipinski definition) is 0. The molecule has 0 saturated carbocycles. The van der Waals surface area contributed by atoms with Gasteiger partial charge in [-0.05, 0) is 19.1 Å². The minimum absolute atomic E-state index is 0.0101. The van der Waals surface area contributed by atoms with Gasteiger partial charge in [0.25, 0.3) is 11.8 Å². The fraction of sp³-hybridized carbons (Fsp3) is 0.227. The van der Waals surface area contributed by atoms with Crippen molar-refractivity contribution in [3.8, 4) is 11.4 Å². The van der Waals surface area contributed by atoms with Crippen LogP contribution in [0.4, 0.5) is 0 Å². The van der Waals surface area contributed by atoms with E-state index in [9.17, 15) is 14.4 Å². The number of aromatic nitrogens is 2. The lowest BCUT2D eigenvalue weighted by Gasteiger charge is -2.13. The molecule has 0 unspecified atom stereocenters. The molecule has 4 rings (SSSR count). The number of benzene rings is 2. The van der Waals surface area contributed by atoms with Gasteiger partial charge in [-0.3, -0.25) is 19.3 Å². The Labute approximate surface area is 172 Å². The molecule has 152 valence electrons. The van der Waals surface area contributed by atoms with Gasteiger partial charge in [0.2, 0.25) is 11.7 Å². The summed E-state index contributed by atoms with van der Waals surface area (Å²) in [5, 5.41) is 3.93. The fourth-order valence-electron chi connectivity index (χ4n) is 3.15. The lowest BCUT2D eigenvalue weighted by atomic mass is 10.1. The van der Waals surface area contributed by atoms with E-state index >= 15 is 0 Å². The van der Waals surface area contributed by atoms with Crippen molar-refractivity contribution < 1.29 is 23.6 Å². The Bertz CT molecular complexity index is 1070. The Morgan fingerprint density at radius 1 is 1.03 bits per heavy atom. The van der Waals surface area contributed by atoms with Crippen LogP contribution in [0, 0.1) is 6.92 Å². The summed E-state index contributed by atoms with van der Waals surface area (Å²) in [4.78, 5) is 41.9. The summed E-state index contributed by atoms with van der Waals surface area (Å²) in [6.45, 7) is 1.93. The van der Waals surface area contributed by atoms with Crippen molar-refractivity contribution in [2.45, 2.75) is 19.8 Å². The molecule has 0 saturated heterocycles. The second kappa shape index (κ2) is 8.28. The van der Waals surface area contributed by atoms with Crippen LogP contribution >= 0.6 is 0 Å². The van der Waals surface area contributed by atoms with Crippen LogP contribution < -0.4 is 0 Å². The number of hydrogen-bond acceptors (Lipinski definition) is 7. The summed E-state index contributed by atoms with van der Waals surface area (Å²) in [6, 6.07) is 14.3. The molecular formula is C22H19N3O5. The van der Waals surface area contributed by atoms with Crippen molar-refractivity contribution in [2.75, 3.05) is 13.2 Å². The van der Waals surface area contributed by atoms with Crippen molar-refractivity contribution >= 4 is 17.8 Å². The minimum atomic E-state index is -0.471. The van der Waals surface area contributed by atoms with Crippen LogP contribution in [0.15, 0.2) is 53.1 Å². The maximum atomic E-state index is 12.3. The Morgan fingerprint density at radius 3 is 2.37 bits per heavy atom. The van der Waals surface area contributed by atoms with Crippen LogP contribution in [-0.2, 0) is 16.0 Å². The number of aryl methyl sites for hydroxylation is 2. The van der Waals surface area contributed by atoms with Crippen molar-refractivity contribution in [2.24, 2.45) is 0 Å². The standard InChI is InChI=1S/C22H19N3O5/c1-14-6-8-15(9-7-14)20-23-18(30-24-20)10-11-19(26)29-13-12-25-21(27)16-4-2-3-5-17(16)22(25)28/h2-9H,10-13H2,1H3. The monoisotopic (exact) mass is 405 g/mol. The third kappa shape index (κ3) is 3.98. The highest BCUT2D eigenvalue weighted by atomic mass is 16.5. The molecule has 1 aliphatic rings. The first-order valence-corrected chi connectivity index (χ1v) is 9.53. The van der Waals surface area contributed by atoms with Crippen molar-refractivity contribution in [3.05, 3.63) is 71.1 Å². The van der Waals surface area contributed by atoms with Crippen molar-refractivity contribution in [1.82, 2.24) is 15.0 Å². The van der Waals surface area contributed by atoms with E-state index in [2.05, 4.69) is 10.1 Å². The third-order valence-electron chi connectivity index (χ3n) is 4.78. The molecule has 2 aromatic carbocycles. The number of esters is 1. The van der Waals surface area contributed by atoms with Gasteiger partial charge in [0.1, 0.15) is 6.61 Å². The van der Waals surface area contributed by atoms with E-state index in [4.69, 9.17) is 9.26 Å². The van der Waals surface area contributed by atoms with Gasteiger partial charge in [-0.15, -0.1) is 0 Å². The van der Waals surface area contributed by atoms with Gasteiger partial charge >= 0.3 is 5.97 Å². The van der Waals surface area contributed by atoms with Crippen LogP contribution in [0.2, 0.25) is 0 Å². The Morgan fingerprint density at radius 2 is 1.70 bits per heavy atom. The highest BCUT2D eigenvalue weighted by Gasteiger charge is 2.34. The number of amides is 2. The molecule has 30 heavy (non-hydrogen) atoms. The topological polar surface area (TPSA) is 103 Å². The van der Waals surface area contributed by atoms with Crippen molar-refractivity contribution in [1.29, 1.82) is 0 Å². The zero-order valence-corrected chi connectivity index (χ0v) is 16.3. The molecule has 0 bridgehead atoms. The molecule has 0 fully saturated rings. The SMILES string of the molecule is Cc1ccc(-c2noc(CCC(=O)OCCN3C(=O)c4ccccc4C3=O)n2)cc1. The maximum Gasteiger partial charge on any atom is 0.306 e. The zero-order chi connectivity index (χ0) is 21.1. The Hall–Kier alpha value is -3.81. The number of imide groups is 1. The predicted octanol–water partition coefficient (Wildman–Crippen LogP) is 2.82.